The van der Waals surface area contributed by atoms with Crippen LogP contribution in [0.2, 0.25) is 0 Å². The van der Waals surface area contributed by atoms with Gasteiger partial charge in [-0.25, -0.2) is 4.79 Å². The van der Waals surface area contributed by atoms with Gasteiger partial charge in [0, 0.05) is 23.7 Å². The lowest BCUT2D eigenvalue weighted by Crippen LogP contribution is -2.56. The number of hydrogen-bond donors (Lipinski definition) is 3. The maximum atomic E-state index is 14.0. The van der Waals surface area contributed by atoms with Gasteiger partial charge >= 0.3 is 5.97 Å². The van der Waals surface area contributed by atoms with E-state index in [9.17, 15) is 24.3 Å². The molecule has 0 aromatic heterocycles. The van der Waals surface area contributed by atoms with E-state index >= 15 is 0 Å². The quantitative estimate of drug-likeness (QED) is 0.289. The van der Waals surface area contributed by atoms with Crippen LogP contribution in [0.3, 0.4) is 0 Å². The Morgan fingerprint density at radius 2 is 1.34 bits per heavy atom. The molecule has 0 aliphatic heterocycles. The number of methoxy groups -OCH3 is 1. The summed E-state index contributed by atoms with van der Waals surface area (Å²) in [4.78, 5) is 53.4. The van der Waals surface area contributed by atoms with Crippen molar-refractivity contribution < 1.29 is 29.0 Å². The third-order valence-corrected chi connectivity index (χ3v) is 7.83. The Kier molecular flexibility index (Phi) is 8.44. The van der Waals surface area contributed by atoms with Gasteiger partial charge in [0.2, 0.25) is 11.8 Å². The van der Waals surface area contributed by atoms with Gasteiger partial charge in [0.25, 0.3) is 0 Å². The summed E-state index contributed by atoms with van der Waals surface area (Å²) in [6.07, 6.45) is -0.375. The first kappa shape index (κ1) is 29.7. The monoisotopic (exact) mass is 556 g/mol. The van der Waals surface area contributed by atoms with Crippen molar-refractivity contribution >= 4 is 34.9 Å². The molecule has 3 aromatic carbocycles. The molecule has 0 heterocycles. The summed E-state index contributed by atoms with van der Waals surface area (Å²) in [5.74, 6) is -5.56. The number of ketones is 1. The highest BCUT2D eigenvalue weighted by atomic mass is 16.5. The summed E-state index contributed by atoms with van der Waals surface area (Å²) in [5.41, 5.74) is 3.85. The van der Waals surface area contributed by atoms with Crippen LogP contribution in [0.5, 0.6) is 0 Å². The SMILES string of the molecule is COC(=O)c1ccc(C2C(C(=O)Nc3ccc(C)cc3C)C(=O)CC(C)(O)C2C(=O)Nc2ccc(C)cc2C)cc1. The largest absolute Gasteiger partial charge is 0.465 e. The summed E-state index contributed by atoms with van der Waals surface area (Å²) in [6.45, 7) is 9.07. The number of amides is 2. The number of anilines is 2. The van der Waals surface area contributed by atoms with E-state index in [0.29, 0.717) is 16.9 Å². The number of hydrogen-bond acceptors (Lipinski definition) is 6. The van der Waals surface area contributed by atoms with Gasteiger partial charge in [0.15, 0.2) is 0 Å². The van der Waals surface area contributed by atoms with Crippen molar-refractivity contribution in [3.8, 4) is 0 Å². The second-order valence-electron chi connectivity index (χ2n) is 11.2. The molecule has 4 rings (SSSR count). The number of rotatable bonds is 6. The van der Waals surface area contributed by atoms with Crippen molar-refractivity contribution in [3.63, 3.8) is 0 Å². The van der Waals surface area contributed by atoms with E-state index in [2.05, 4.69) is 10.6 Å². The Labute approximate surface area is 240 Å². The molecular formula is C33H36N2O6. The molecule has 0 saturated heterocycles. The number of carbonyl (C=O) groups excluding carboxylic acids is 4. The molecule has 2 amide bonds. The van der Waals surface area contributed by atoms with Crippen LogP contribution in [-0.2, 0) is 19.1 Å². The van der Waals surface area contributed by atoms with Crippen molar-refractivity contribution in [3.05, 3.63) is 94.0 Å². The molecule has 8 heteroatoms. The molecule has 8 nitrogen and oxygen atoms in total. The molecular weight excluding hydrogens is 520 g/mol. The van der Waals surface area contributed by atoms with E-state index in [4.69, 9.17) is 4.74 Å². The lowest BCUT2D eigenvalue weighted by Gasteiger charge is -2.44. The number of Topliss-reactive ketones (excluding diaryl/α,β-unsaturated/α-hetero) is 1. The predicted molar refractivity (Wildman–Crippen MR) is 157 cm³/mol. The molecule has 1 aliphatic carbocycles. The van der Waals surface area contributed by atoms with Crippen LogP contribution < -0.4 is 10.6 Å². The number of aryl methyl sites for hydroxylation is 4. The molecule has 1 aliphatic rings. The zero-order chi connectivity index (χ0) is 30.1. The first-order chi connectivity index (χ1) is 19.3. The van der Waals surface area contributed by atoms with Crippen LogP contribution in [0.15, 0.2) is 60.7 Å². The number of carbonyl (C=O) groups is 4. The van der Waals surface area contributed by atoms with Crippen LogP contribution in [0.1, 0.15) is 57.4 Å². The second-order valence-corrected chi connectivity index (χ2v) is 11.2. The molecule has 0 bridgehead atoms. The van der Waals surface area contributed by atoms with Crippen LogP contribution in [0.4, 0.5) is 11.4 Å². The van der Waals surface area contributed by atoms with Gasteiger partial charge in [0.05, 0.1) is 24.2 Å². The van der Waals surface area contributed by atoms with Gasteiger partial charge in [-0.15, -0.1) is 0 Å². The van der Waals surface area contributed by atoms with E-state index in [1.165, 1.54) is 26.2 Å². The molecule has 3 aromatic rings. The molecule has 4 atom stereocenters. The van der Waals surface area contributed by atoms with Gasteiger partial charge in [-0.2, -0.15) is 0 Å². The average Bonchev–Trinajstić information content (AvgIpc) is 2.90. The highest BCUT2D eigenvalue weighted by Crippen LogP contribution is 2.47. The molecule has 41 heavy (non-hydrogen) atoms. The summed E-state index contributed by atoms with van der Waals surface area (Å²) < 4.78 is 4.80. The van der Waals surface area contributed by atoms with Crippen molar-refractivity contribution in [2.45, 2.75) is 52.6 Å². The zero-order valence-electron chi connectivity index (χ0n) is 24.2. The lowest BCUT2D eigenvalue weighted by atomic mass is 9.61. The zero-order valence-corrected chi connectivity index (χ0v) is 24.2. The minimum Gasteiger partial charge on any atom is -0.465 e. The molecule has 0 radical (unpaired) electrons. The Morgan fingerprint density at radius 1 is 0.829 bits per heavy atom. The van der Waals surface area contributed by atoms with Crippen LogP contribution in [-0.4, -0.2) is 41.4 Å². The number of aliphatic hydroxyl groups is 1. The molecule has 1 fully saturated rings. The summed E-state index contributed by atoms with van der Waals surface area (Å²) in [5, 5.41) is 17.4. The maximum absolute atomic E-state index is 14.0. The van der Waals surface area contributed by atoms with Crippen molar-refractivity contribution in [1.29, 1.82) is 0 Å². The predicted octanol–water partition coefficient (Wildman–Crippen LogP) is 5.02. The van der Waals surface area contributed by atoms with E-state index in [0.717, 1.165) is 22.3 Å². The van der Waals surface area contributed by atoms with Crippen molar-refractivity contribution in [2.24, 2.45) is 11.8 Å². The second kappa shape index (κ2) is 11.7. The minimum absolute atomic E-state index is 0.276. The van der Waals surface area contributed by atoms with Gasteiger partial charge in [-0.05, 0) is 75.6 Å². The van der Waals surface area contributed by atoms with Gasteiger partial charge in [0.1, 0.15) is 11.7 Å². The summed E-state index contributed by atoms with van der Waals surface area (Å²) >= 11 is 0. The number of benzene rings is 3. The molecule has 4 unspecified atom stereocenters. The first-order valence-electron chi connectivity index (χ1n) is 13.5. The molecule has 214 valence electrons. The van der Waals surface area contributed by atoms with Crippen molar-refractivity contribution in [2.75, 3.05) is 17.7 Å². The number of esters is 1. The molecule has 3 N–H and O–H groups in total. The average molecular weight is 557 g/mol. The minimum atomic E-state index is -1.75. The summed E-state index contributed by atoms with van der Waals surface area (Å²) in [6, 6.07) is 17.4. The van der Waals surface area contributed by atoms with Gasteiger partial charge in [-0.1, -0.05) is 47.5 Å². The Bertz CT molecular complexity index is 1510. The van der Waals surface area contributed by atoms with Crippen molar-refractivity contribution in [1.82, 2.24) is 0 Å². The van der Waals surface area contributed by atoms with E-state index in [-0.39, 0.29) is 12.0 Å². The number of nitrogens with one attached hydrogen (secondary N) is 2. The summed E-state index contributed by atoms with van der Waals surface area (Å²) in [7, 11) is 1.27. The maximum Gasteiger partial charge on any atom is 0.337 e. The third-order valence-electron chi connectivity index (χ3n) is 7.83. The Morgan fingerprint density at radius 3 is 1.83 bits per heavy atom. The van der Waals surface area contributed by atoms with Crippen LogP contribution in [0.25, 0.3) is 0 Å². The number of ether oxygens (including phenoxy) is 1. The fourth-order valence-electron chi connectivity index (χ4n) is 5.78. The van der Waals surface area contributed by atoms with E-state index < -0.39 is 46.9 Å². The van der Waals surface area contributed by atoms with E-state index in [1.807, 2.05) is 52.0 Å². The normalized spacial score (nSPS) is 22.1. The van der Waals surface area contributed by atoms with Crippen LogP contribution >= 0.6 is 0 Å². The lowest BCUT2D eigenvalue weighted by molar-refractivity contribution is -0.150. The Balaban J connectivity index is 1.80. The third kappa shape index (κ3) is 6.23. The first-order valence-corrected chi connectivity index (χ1v) is 13.5. The van der Waals surface area contributed by atoms with Gasteiger partial charge < -0.3 is 20.5 Å². The highest BCUT2D eigenvalue weighted by molar-refractivity contribution is 6.10. The van der Waals surface area contributed by atoms with E-state index in [1.54, 1.807) is 24.3 Å². The molecule has 0 spiro atoms. The fourth-order valence-corrected chi connectivity index (χ4v) is 5.78. The highest BCUT2D eigenvalue weighted by Gasteiger charge is 2.56. The Hall–Kier alpha value is -4.30. The fraction of sp³-hybridized carbons (Fsp3) is 0.333. The molecule has 1 saturated carbocycles. The topological polar surface area (TPSA) is 122 Å². The standard InChI is InChI=1S/C33H36N2O6/c1-18-7-13-24(20(3)15-18)34-30(37)28-26(36)17-33(5,40)29(31(38)35-25-14-8-19(2)16-21(25)4)27(28)22-9-11-23(12-10-22)32(39)41-6/h7-16,27-29,40H,17H2,1-6H3,(H,34,37)(H,35,38). The van der Waals surface area contributed by atoms with Crippen LogP contribution in [0, 0.1) is 39.5 Å². The smallest absolute Gasteiger partial charge is 0.337 e. The van der Waals surface area contributed by atoms with Gasteiger partial charge in [-0.3, -0.25) is 14.4 Å².